The Balaban J connectivity index is 1.46. The largest absolute Gasteiger partial charge is 0.349 e. The summed E-state index contributed by atoms with van der Waals surface area (Å²) in [6, 6.07) is 6.62. The number of nitrogens with one attached hydrogen (secondary N) is 2. The van der Waals surface area contributed by atoms with Crippen LogP contribution in [0.1, 0.15) is 44.0 Å². The summed E-state index contributed by atoms with van der Waals surface area (Å²) in [5.41, 5.74) is 3.17. The molecule has 1 fully saturated rings. The number of H-pyrrole nitrogens is 1. The fraction of sp³-hybridized carbons (Fsp3) is 0.556. The number of aryl methyl sites for hydroxylation is 1. The van der Waals surface area contributed by atoms with Crippen molar-refractivity contribution in [2.45, 2.75) is 52.1 Å². The van der Waals surface area contributed by atoms with Gasteiger partial charge in [-0.25, -0.2) is 4.98 Å². The minimum atomic E-state index is 0.104. The van der Waals surface area contributed by atoms with Gasteiger partial charge in [0.05, 0.1) is 17.6 Å². The highest BCUT2D eigenvalue weighted by molar-refractivity contribution is 5.77. The molecule has 1 saturated heterocycles. The third-order valence-corrected chi connectivity index (χ3v) is 4.69. The van der Waals surface area contributed by atoms with Crippen LogP contribution >= 0.6 is 0 Å². The summed E-state index contributed by atoms with van der Waals surface area (Å²) in [5, 5.41) is 2.97. The zero-order valence-electron chi connectivity index (χ0n) is 14.1. The average molecular weight is 314 g/mol. The van der Waals surface area contributed by atoms with Crippen LogP contribution in [0.4, 0.5) is 0 Å². The molecule has 2 aromatic rings. The van der Waals surface area contributed by atoms with Gasteiger partial charge < -0.3 is 15.2 Å². The van der Waals surface area contributed by atoms with E-state index in [9.17, 15) is 4.79 Å². The van der Waals surface area contributed by atoms with Crippen molar-refractivity contribution in [2.24, 2.45) is 0 Å². The van der Waals surface area contributed by atoms with Crippen molar-refractivity contribution in [1.29, 1.82) is 0 Å². The molecule has 1 amide bonds. The van der Waals surface area contributed by atoms with Crippen LogP contribution in [0, 0.1) is 6.92 Å². The SMILES string of the molecule is Cc1ccc2nc(CNC(=O)CCC(C)N3CCCC3)[nH]c2c1. The number of carbonyl (C=O) groups excluding carboxylic acids is 1. The molecule has 5 nitrogen and oxygen atoms in total. The fourth-order valence-corrected chi connectivity index (χ4v) is 3.24. The van der Waals surface area contributed by atoms with Crippen LogP contribution in [0.3, 0.4) is 0 Å². The Hall–Kier alpha value is -1.88. The van der Waals surface area contributed by atoms with Crippen molar-refractivity contribution >= 4 is 16.9 Å². The summed E-state index contributed by atoms with van der Waals surface area (Å²) >= 11 is 0. The lowest BCUT2D eigenvalue weighted by molar-refractivity contribution is -0.121. The third-order valence-electron chi connectivity index (χ3n) is 4.69. The summed E-state index contributed by atoms with van der Waals surface area (Å²) in [6.45, 7) is 7.11. The predicted octanol–water partition coefficient (Wildman–Crippen LogP) is 2.75. The molecule has 1 aliphatic heterocycles. The Morgan fingerprint density at radius 3 is 2.96 bits per heavy atom. The van der Waals surface area contributed by atoms with Gasteiger partial charge in [-0.05, 0) is 63.9 Å². The van der Waals surface area contributed by atoms with E-state index in [-0.39, 0.29) is 5.91 Å². The van der Waals surface area contributed by atoms with Crippen molar-refractivity contribution in [3.63, 3.8) is 0 Å². The van der Waals surface area contributed by atoms with Crippen molar-refractivity contribution in [3.8, 4) is 0 Å². The van der Waals surface area contributed by atoms with E-state index >= 15 is 0 Å². The molecule has 1 aliphatic rings. The van der Waals surface area contributed by atoms with Crippen LogP contribution in [-0.4, -0.2) is 39.9 Å². The highest BCUT2D eigenvalue weighted by Crippen LogP contribution is 2.15. The van der Waals surface area contributed by atoms with E-state index in [4.69, 9.17) is 0 Å². The number of benzene rings is 1. The van der Waals surface area contributed by atoms with Crippen LogP contribution < -0.4 is 5.32 Å². The average Bonchev–Trinajstić information content (AvgIpc) is 3.19. The van der Waals surface area contributed by atoms with Gasteiger partial charge in [-0.2, -0.15) is 0 Å². The first kappa shape index (κ1) is 16.0. The first-order valence-corrected chi connectivity index (χ1v) is 8.58. The molecule has 1 atom stereocenters. The molecular weight excluding hydrogens is 288 g/mol. The molecule has 3 rings (SSSR count). The van der Waals surface area contributed by atoms with Crippen LogP contribution in [0.2, 0.25) is 0 Å². The maximum absolute atomic E-state index is 12.0. The molecule has 0 spiro atoms. The molecule has 1 aromatic carbocycles. The molecule has 0 saturated carbocycles. The van der Waals surface area contributed by atoms with Crippen molar-refractivity contribution in [3.05, 3.63) is 29.6 Å². The normalized spacial score (nSPS) is 16.8. The molecule has 124 valence electrons. The minimum Gasteiger partial charge on any atom is -0.349 e. The van der Waals surface area contributed by atoms with Crippen LogP contribution in [-0.2, 0) is 11.3 Å². The number of carbonyl (C=O) groups is 1. The number of likely N-dealkylation sites (tertiary alicyclic amines) is 1. The highest BCUT2D eigenvalue weighted by Gasteiger charge is 2.18. The molecule has 0 aliphatic carbocycles. The van der Waals surface area contributed by atoms with Gasteiger partial charge in [0.1, 0.15) is 5.82 Å². The Morgan fingerprint density at radius 1 is 1.39 bits per heavy atom. The first-order valence-electron chi connectivity index (χ1n) is 8.58. The minimum absolute atomic E-state index is 0.104. The highest BCUT2D eigenvalue weighted by atomic mass is 16.1. The van der Waals surface area contributed by atoms with Gasteiger partial charge in [0.15, 0.2) is 0 Å². The Labute approximate surface area is 137 Å². The molecule has 1 unspecified atom stereocenters. The van der Waals surface area contributed by atoms with E-state index in [0.29, 0.717) is 19.0 Å². The summed E-state index contributed by atoms with van der Waals surface area (Å²) in [5.74, 6) is 0.916. The Morgan fingerprint density at radius 2 is 2.17 bits per heavy atom. The van der Waals surface area contributed by atoms with Gasteiger partial charge in [-0.1, -0.05) is 6.07 Å². The van der Waals surface area contributed by atoms with Gasteiger partial charge in [0.2, 0.25) is 5.91 Å². The molecule has 2 heterocycles. The number of nitrogens with zero attached hydrogens (tertiary/aromatic N) is 2. The van der Waals surface area contributed by atoms with Crippen LogP contribution in [0.5, 0.6) is 0 Å². The van der Waals surface area contributed by atoms with E-state index in [1.54, 1.807) is 0 Å². The number of hydrogen-bond donors (Lipinski definition) is 2. The smallest absolute Gasteiger partial charge is 0.220 e. The number of hydrogen-bond acceptors (Lipinski definition) is 3. The lowest BCUT2D eigenvalue weighted by Crippen LogP contribution is -2.32. The van der Waals surface area contributed by atoms with E-state index < -0.39 is 0 Å². The van der Waals surface area contributed by atoms with Crippen molar-refractivity contribution in [2.75, 3.05) is 13.1 Å². The van der Waals surface area contributed by atoms with Gasteiger partial charge >= 0.3 is 0 Å². The third kappa shape index (κ3) is 4.10. The maximum atomic E-state index is 12.0. The van der Waals surface area contributed by atoms with E-state index in [1.165, 1.54) is 31.5 Å². The molecular formula is C18H26N4O. The zero-order chi connectivity index (χ0) is 16.2. The second kappa shape index (κ2) is 7.13. The van der Waals surface area contributed by atoms with Gasteiger partial charge in [-0.3, -0.25) is 4.79 Å². The standard InChI is InChI=1S/C18H26N4O/c1-13-5-7-15-16(11-13)21-17(20-15)12-19-18(23)8-6-14(2)22-9-3-4-10-22/h5,7,11,14H,3-4,6,8-10,12H2,1-2H3,(H,19,23)(H,20,21). The topological polar surface area (TPSA) is 61.0 Å². The number of amides is 1. The van der Waals surface area contributed by atoms with Crippen molar-refractivity contribution < 1.29 is 4.79 Å². The van der Waals surface area contributed by atoms with Gasteiger partial charge in [-0.15, -0.1) is 0 Å². The molecule has 0 radical (unpaired) electrons. The predicted molar refractivity (Wildman–Crippen MR) is 92.2 cm³/mol. The zero-order valence-corrected chi connectivity index (χ0v) is 14.1. The Bertz CT molecular complexity index is 673. The molecule has 1 aromatic heterocycles. The number of fused-ring (bicyclic) bond motifs is 1. The van der Waals surface area contributed by atoms with Crippen molar-refractivity contribution in [1.82, 2.24) is 20.2 Å². The lowest BCUT2D eigenvalue weighted by Gasteiger charge is -2.23. The Kier molecular flexibility index (Phi) is 4.96. The van der Waals surface area contributed by atoms with Gasteiger partial charge in [0.25, 0.3) is 0 Å². The molecule has 5 heteroatoms. The van der Waals surface area contributed by atoms with E-state index in [0.717, 1.165) is 23.3 Å². The second-order valence-corrected chi connectivity index (χ2v) is 6.61. The van der Waals surface area contributed by atoms with Crippen LogP contribution in [0.25, 0.3) is 11.0 Å². The number of aromatic nitrogens is 2. The van der Waals surface area contributed by atoms with Crippen LogP contribution in [0.15, 0.2) is 18.2 Å². The number of rotatable bonds is 6. The van der Waals surface area contributed by atoms with E-state index in [2.05, 4.69) is 40.1 Å². The lowest BCUT2D eigenvalue weighted by atomic mass is 10.1. The summed E-state index contributed by atoms with van der Waals surface area (Å²) in [4.78, 5) is 22.3. The van der Waals surface area contributed by atoms with E-state index in [1.807, 2.05) is 12.1 Å². The monoisotopic (exact) mass is 314 g/mol. The molecule has 0 bridgehead atoms. The van der Waals surface area contributed by atoms with Gasteiger partial charge in [0, 0.05) is 12.5 Å². The molecule has 23 heavy (non-hydrogen) atoms. The first-order chi connectivity index (χ1) is 11.1. The quantitative estimate of drug-likeness (QED) is 0.862. The number of imidazole rings is 1. The summed E-state index contributed by atoms with van der Waals surface area (Å²) < 4.78 is 0. The fourth-order valence-electron chi connectivity index (χ4n) is 3.24. The molecule has 2 N–H and O–H groups in total. The summed E-state index contributed by atoms with van der Waals surface area (Å²) in [7, 11) is 0. The number of aromatic amines is 1. The second-order valence-electron chi connectivity index (χ2n) is 6.61. The maximum Gasteiger partial charge on any atom is 0.220 e. The summed E-state index contributed by atoms with van der Waals surface area (Å²) in [6.07, 6.45) is 4.09.